The van der Waals surface area contributed by atoms with Crippen LogP contribution in [0.1, 0.15) is 17.2 Å². The van der Waals surface area contributed by atoms with Crippen LogP contribution in [0.4, 0.5) is 4.39 Å². The van der Waals surface area contributed by atoms with Crippen molar-refractivity contribution in [1.82, 2.24) is 5.43 Å². The van der Waals surface area contributed by atoms with Crippen molar-refractivity contribution in [3.05, 3.63) is 64.4 Å². The van der Waals surface area contributed by atoms with Gasteiger partial charge in [-0.25, -0.2) is 4.39 Å². The summed E-state index contributed by atoms with van der Waals surface area (Å²) < 4.78 is 18.2. The topological polar surface area (TPSA) is 47.3 Å². The van der Waals surface area contributed by atoms with E-state index in [-0.39, 0.29) is 11.9 Å². The largest absolute Gasteiger partial charge is 0.496 e. The van der Waals surface area contributed by atoms with Gasteiger partial charge in [0.05, 0.1) is 13.2 Å². The van der Waals surface area contributed by atoms with Crippen LogP contribution >= 0.6 is 11.6 Å². The molecule has 0 aliphatic rings. The maximum absolute atomic E-state index is 12.9. The predicted molar refractivity (Wildman–Crippen MR) is 78.2 cm³/mol. The zero-order valence-electron chi connectivity index (χ0n) is 11.1. The van der Waals surface area contributed by atoms with Crippen LogP contribution in [0.5, 0.6) is 5.75 Å². The first-order chi connectivity index (χ1) is 9.63. The maximum Gasteiger partial charge on any atom is 0.123 e. The van der Waals surface area contributed by atoms with E-state index in [0.29, 0.717) is 17.2 Å². The third-order valence-electron chi connectivity index (χ3n) is 3.12. The minimum Gasteiger partial charge on any atom is -0.496 e. The van der Waals surface area contributed by atoms with Crippen molar-refractivity contribution in [3.63, 3.8) is 0 Å². The number of ether oxygens (including phenoxy) is 1. The minimum atomic E-state index is -0.258. The van der Waals surface area contributed by atoms with Gasteiger partial charge in [-0.15, -0.1) is 0 Å². The molecule has 0 spiro atoms. The van der Waals surface area contributed by atoms with Crippen LogP contribution in [0.3, 0.4) is 0 Å². The molecule has 20 heavy (non-hydrogen) atoms. The Bertz CT molecular complexity index is 575. The fraction of sp³-hybridized carbons (Fsp3) is 0.200. The molecule has 3 N–H and O–H groups in total. The number of hydrazine groups is 1. The van der Waals surface area contributed by atoms with Crippen LogP contribution in [-0.2, 0) is 6.42 Å². The molecular weight excluding hydrogens is 279 g/mol. The maximum atomic E-state index is 12.9. The molecule has 2 aromatic rings. The third kappa shape index (κ3) is 3.48. The summed E-state index contributed by atoms with van der Waals surface area (Å²) in [5, 5.41) is 0.611. The summed E-state index contributed by atoms with van der Waals surface area (Å²) in [6, 6.07) is 11.5. The molecule has 5 heteroatoms. The van der Waals surface area contributed by atoms with E-state index < -0.39 is 0 Å². The van der Waals surface area contributed by atoms with Crippen molar-refractivity contribution in [2.75, 3.05) is 7.11 Å². The fourth-order valence-corrected chi connectivity index (χ4v) is 2.27. The predicted octanol–water partition coefficient (Wildman–Crippen LogP) is 3.23. The van der Waals surface area contributed by atoms with Gasteiger partial charge in [-0.1, -0.05) is 23.7 Å². The first-order valence-corrected chi connectivity index (χ1v) is 6.56. The van der Waals surface area contributed by atoms with Gasteiger partial charge < -0.3 is 4.74 Å². The van der Waals surface area contributed by atoms with Gasteiger partial charge in [-0.3, -0.25) is 11.3 Å². The second kappa shape index (κ2) is 6.70. The van der Waals surface area contributed by atoms with E-state index in [2.05, 4.69) is 5.43 Å². The van der Waals surface area contributed by atoms with Crippen molar-refractivity contribution in [2.45, 2.75) is 12.5 Å². The van der Waals surface area contributed by atoms with Crippen LogP contribution < -0.4 is 16.0 Å². The Morgan fingerprint density at radius 1 is 1.25 bits per heavy atom. The second-order valence-corrected chi connectivity index (χ2v) is 4.87. The molecule has 0 aliphatic carbocycles. The number of rotatable bonds is 5. The highest BCUT2D eigenvalue weighted by Gasteiger charge is 2.16. The molecule has 0 amide bonds. The molecule has 0 aliphatic heterocycles. The van der Waals surface area contributed by atoms with Crippen molar-refractivity contribution < 1.29 is 9.13 Å². The van der Waals surface area contributed by atoms with E-state index in [4.69, 9.17) is 22.2 Å². The molecule has 1 unspecified atom stereocenters. The molecule has 0 saturated heterocycles. The number of hydrogen-bond acceptors (Lipinski definition) is 3. The van der Waals surface area contributed by atoms with E-state index in [1.54, 1.807) is 31.4 Å². The van der Waals surface area contributed by atoms with Gasteiger partial charge in [-0.05, 0) is 42.3 Å². The summed E-state index contributed by atoms with van der Waals surface area (Å²) in [5.74, 6) is 6.08. The van der Waals surface area contributed by atoms with Gasteiger partial charge in [-0.2, -0.15) is 0 Å². The van der Waals surface area contributed by atoms with Gasteiger partial charge in [0.25, 0.3) is 0 Å². The molecule has 0 bridgehead atoms. The van der Waals surface area contributed by atoms with Crippen molar-refractivity contribution >= 4 is 11.6 Å². The first kappa shape index (κ1) is 14.8. The molecule has 2 rings (SSSR count). The molecule has 0 radical (unpaired) electrons. The zero-order chi connectivity index (χ0) is 14.5. The Morgan fingerprint density at radius 3 is 2.55 bits per heavy atom. The Morgan fingerprint density at radius 2 is 1.95 bits per heavy atom. The van der Waals surface area contributed by atoms with Gasteiger partial charge in [0.2, 0.25) is 0 Å². The van der Waals surface area contributed by atoms with E-state index >= 15 is 0 Å². The molecule has 0 fully saturated rings. The number of halogens is 2. The average molecular weight is 295 g/mol. The standard InChI is InChI=1S/C15H16ClFN2O/c1-20-15-7-4-11(16)9-13(15)14(19-18)8-10-2-5-12(17)6-3-10/h2-7,9,14,19H,8,18H2,1H3. The van der Waals surface area contributed by atoms with Crippen molar-refractivity contribution in [1.29, 1.82) is 0 Å². The van der Waals surface area contributed by atoms with E-state index in [9.17, 15) is 4.39 Å². The number of hydrogen-bond donors (Lipinski definition) is 2. The number of methoxy groups -OCH3 is 1. The molecule has 0 aromatic heterocycles. The number of nitrogens with one attached hydrogen (secondary N) is 1. The van der Waals surface area contributed by atoms with Crippen molar-refractivity contribution in [2.24, 2.45) is 5.84 Å². The summed E-state index contributed by atoms with van der Waals surface area (Å²) in [6.45, 7) is 0. The smallest absolute Gasteiger partial charge is 0.123 e. The lowest BCUT2D eigenvalue weighted by Crippen LogP contribution is -2.30. The van der Waals surface area contributed by atoms with Gasteiger partial charge in [0.15, 0.2) is 0 Å². The van der Waals surface area contributed by atoms with Crippen LogP contribution in [0, 0.1) is 5.82 Å². The minimum absolute atomic E-state index is 0.172. The Balaban J connectivity index is 2.28. The monoisotopic (exact) mass is 294 g/mol. The Kier molecular flexibility index (Phi) is 4.95. The number of benzene rings is 2. The molecule has 0 heterocycles. The average Bonchev–Trinajstić information content (AvgIpc) is 2.46. The van der Waals surface area contributed by atoms with Gasteiger partial charge in [0.1, 0.15) is 11.6 Å². The highest BCUT2D eigenvalue weighted by Crippen LogP contribution is 2.30. The molecule has 1 atom stereocenters. The lowest BCUT2D eigenvalue weighted by molar-refractivity contribution is 0.399. The van der Waals surface area contributed by atoms with E-state index in [1.807, 2.05) is 6.07 Å². The molecule has 106 valence electrons. The van der Waals surface area contributed by atoms with Crippen LogP contribution in [0.15, 0.2) is 42.5 Å². The quantitative estimate of drug-likeness (QED) is 0.657. The molecule has 2 aromatic carbocycles. The van der Waals surface area contributed by atoms with E-state index in [0.717, 1.165) is 11.1 Å². The molecular formula is C15H16ClFN2O. The zero-order valence-corrected chi connectivity index (χ0v) is 11.8. The van der Waals surface area contributed by atoms with Crippen LogP contribution in [0.25, 0.3) is 0 Å². The van der Waals surface area contributed by atoms with Crippen molar-refractivity contribution in [3.8, 4) is 5.75 Å². The molecule has 0 saturated carbocycles. The highest BCUT2D eigenvalue weighted by molar-refractivity contribution is 6.30. The normalized spacial score (nSPS) is 12.2. The Hall–Kier alpha value is -1.62. The summed E-state index contributed by atoms with van der Waals surface area (Å²) in [7, 11) is 1.60. The number of nitrogens with two attached hydrogens (primary N) is 1. The Labute approximate surface area is 122 Å². The highest BCUT2D eigenvalue weighted by atomic mass is 35.5. The summed E-state index contributed by atoms with van der Waals surface area (Å²) in [4.78, 5) is 0. The summed E-state index contributed by atoms with van der Waals surface area (Å²) >= 11 is 6.02. The lowest BCUT2D eigenvalue weighted by Gasteiger charge is -2.19. The summed E-state index contributed by atoms with van der Waals surface area (Å²) in [6.07, 6.45) is 0.605. The van der Waals surface area contributed by atoms with E-state index in [1.165, 1.54) is 12.1 Å². The van der Waals surface area contributed by atoms with Gasteiger partial charge >= 0.3 is 0 Å². The molecule has 3 nitrogen and oxygen atoms in total. The SMILES string of the molecule is COc1ccc(Cl)cc1C(Cc1ccc(F)cc1)NN. The lowest BCUT2D eigenvalue weighted by atomic mass is 9.98. The second-order valence-electron chi connectivity index (χ2n) is 4.44. The summed E-state index contributed by atoms with van der Waals surface area (Å²) in [5.41, 5.74) is 4.59. The first-order valence-electron chi connectivity index (χ1n) is 6.18. The fourth-order valence-electron chi connectivity index (χ4n) is 2.09. The third-order valence-corrected chi connectivity index (χ3v) is 3.36. The van der Waals surface area contributed by atoms with Gasteiger partial charge in [0, 0.05) is 10.6 Å². The van der Waals surface area contributed by atoms with Crippen LogP contribution in [-0.4, -0.2) is 7.11 Å². The van der Waals surface area contributed by atoms with Crippen LogP contribution in [0.2, 0.25) is 5.02 Å².